The number of rotatable bonds is 3. The molecule has 0 spiro atoms. The molecule has 1 N–H and O–H groups in total. The molecule has 2 aromatic rings. The maximum Gasteiger partial charge on any atom is 0.242 e. The summed E-state index contributed by atoms with van der Waals surface area (Å²) in [6.07, 6.45) is 0. The topological polar surface area (TPSA) is 46.9 Å². The van der Waals surface area contributed by atoms with E-state index in [1.807, 2.05) is 36.6 Å². The summed E-state index contributed by atoms with van der Waals surface area (Å²) in [6.45, 7) is 3.85. The molecule has 1 aromatic carbocycles. The number of aromatic nitrogens is 2. The van der Waals surface area contributed by atoms with Crippen molar-refractivity contribution in [2.45, 2.75) is 25.8 Å². The molecule has 0 bridgehead atoms. The number of alkyl halides is 1. The van der Waals surface area contributed by atoms with Gasteiger partial charge in [0.1, 0.15) is 11.9 Å². The number of aryl methyl sites for hydroxylation is 1. The lowest BCUT2D eigenvalue weighted by atomic mass is 10.2. The van der Waals surface area contributed by atoms with E-state index in [0.29, 0.717) is 0 Å². The van der Waals surface area contributed by atoms with Gasteiger partial charge in [-0.25, -0.2) is 4.98 Å². The summed E-state index contributed by atoms with van der Waals surface area (Å²) >= 11 is 5.93. The zero-order valence-corrected chi connectivity index (χ0v) is 11.5. The van der Waals surface area contributed by atoms with Crippen LogP contribution in [0.5, 0.6) is 0 Å². The Bertz CT molecular complexity index is 591. The van der Waals surface area contributed by atoms with Crippen molar-refractivity contribution >= 4 is 28.5 Å². The fourth-order valence-corrected chi connectivity index (χ4v) is 2.35. The Hall–Kier alpha value is -1.55. The van der Waals surface area contributed by atoms with Crippen molar-refractivity contribution < 1.29 is 4.79 Å². The summed E-state index contributed by atoms with van der Waals surface area (Å²) in [6, 6.07) is 5.60. The molecule has 18 heavy (non-hydrogen) atoms. The highest BCUT2D eigenvalue weighted by Gasteiger charge is 2.20. The average molecular weight is 266 g/mol. The van der Waals surface area contributed by atoms with E-state index in [1.54, 1.807) is 7.05 Å². The van der Waals surface area contributed by atoms with Crippen LogP contribution in [-0.4, -0.2) is 22.5 Å². The number of benzene rings is 1. The van der Waals surface area contributed by atoms with E-state index in [4.69, 9.17) is 11.6 Å². The molecule has 0 saturated heterocycles. The quantitative estimate of drug-likeness (QED) is 0.867. The van der Waals surface area contributed by atoms with Crippen molar-refractivity contribution in [3.63, 3.8) is 0 Å². The largest absolute Gasteiger partial charge is 0.357 e. The van der Waals surface area contributed by atoms with Gasteiger partial charge >= 0.3 is 0 Å². The maximum absolute atomic E-state index is 11.8. The molecule has 0 saturated carbocycles. The van der Waals surface area contributed by atoms with Crippen LogP contribution in [-0.2, 0) is 10.7 Å². The van der Waals surface area contributed by atoms with E-state index < -0.39 is 0 Å². The number of amides is 1. The molecule has 0 fully saturated rings. The first-order chi connectivity index (χ1) is 8.60. The molecule has 2 rings (SSSR count). The van der Waals surface area contributed by atoms with Gasteiger partial charge in [0.25, 0.3) is 0 Å². The van der Waals surface area contributed by atoms with Crippen LogP contribution < -0.4 is 5.32 Å². The number of carbonyl (C=O) groups excluding carboxylic acids is 1. The van der Waals surface area contributed by atoms with Gasteiger partial charge in [0.05, 0.1) is 16.9 Å². The fraction of sp³-hybridized carbons (Fsp3) is 0.385. The number of para-hydroxylation sites is 1. The maximum atomic E-state index is 11.8. The van der Waals surface area contributed by atoms with Crippen molar-refractivity contribution in [3.8, 4) is 0 Å². The zero-order valence-electron chi connectivity index (χ0n) is 10.7. The summed E-state index contributed by atoms with van der Waals surface area (Å²) in [5.74, 6) is 0.953. The second-order valence-electron chi connectivity index (χ2n) is 4.26. The van der Waals surface area contributed by atoms with Crippen molar-refractivity contribution in [1.29, 1.82) is 0 Å². The molecule has 0 aliphatic heterocycles. The number of nitrogens with zero attached hydrogens (tertiary/aromatic N) is 2. The first-order valence-electron chi connectivity index (χ1n) is 5.84. The third-order valence-corrected chi connectivity index (χ3v) is 3.37. The van der Waals surface area contributed by atoms with Crippen LogP contribution in [0.4, 0.5) is 0 Å². The number of nitrogens with one attached hydrogen (secondary N) is 1. The second-order valence-corrected chi connectivity index (χ2v) is 4.53. The third-order valence-electron chi connectivity index (χ3n) is 3.13. The summed E-state index contributed by atoms with van der Waals surface area (Å²) < 4.78 is 1.90. The Morgan fingerprint density at radius 3 is 2.89 bits per heavy atom. The average Bonchev–Trinajstić information content (AvgIpc) is 2.76. The molecule has 1 atom stereocenters. The van der Waals surface area contributed by atoms with Crippen molar-refractivity contribution in [1.82, 2.24) is 14.9 Å². The SMILES string of the molecule is CNC(=O)C(C)n1c(CCl)nc2c(C)cccc21. The van der Waals surface area contributed by atoms with Crippen molar-refractivity contribution in [2.75, 3.05) is 7.05 Å². The number of fused-ring (bicyclic) bond motifs is 1. The van der Waals surface area contributed by atoms with Crippen LogP contribution >= 0.6 is 11.6 Å². The van der Waals surface area contributed by atoms with Gasteiger partial charge in [-0.05, 0) is 25.5 Å². The highest BCUT2D eigenvalue weighted by atomic mass is 35.5. The molecule has 0 aliphatic carbocycles. The second kappa shape index (κ2) is 4.98. The molecule has 0 radical (unpaired) electrons. The number of hydrogen-bond donors (Lipinski definition) is 1. The van der Waals surface area contributed by atoms with Gasteiger partial charge in [0, 0.05) is 7.05 Å². The standard InChI is InChI=1S/C13H16ClN3O/c1-8-5-4-6-10-12(8)16-11(7-14)17(10)9(2)13(18)15-3/h4-6,9H,7H2,1-3H3,(H,15,18). The smallest absolute Gasteiger partial charge is 0.242 e. The molecule has 0 aliphatic rings. The molecule has 96 valence electrons. The molecule has 1 amide bonds. The van der Waals surface area contributed by atoms with Crippen LogP contribution in [0, 0.1) is 6.92 Å². The van der Waals surface area contributed by atoms with Crippen LogP contribution in [0.2, 0.25) is 0 Å². The number of carbonyl (C=O) groups is 1. The predicted octanol–water partition coefficient (Wildman–Crippen LogP) is 2.39. The minimum absolute atomic E-state index is 0.0535. The fourth-order valence-electron chi connectivity index (χ4n) is 2.16. The van der Waals surface area contributed by atoms with Gasteiger partial charge in [-0.15, -0.1) is 11.6 Å². The summed E-state index contributed by atoms with van der Waals surface area (Å²) in [5, 5.41) is 2.65. The molecule has 1 unspecified atom stereocenters. The Balaban J connectivity index is 2.68. The summed E-state index contributed by atoms with van der Waals surface area (Å²) in [4.78, 5) is 16.3. The Morgan fingerprint density at radius 2 is 2.28 bits per heavy atom. The number of imidazole rings is 1. The van der Waals surface area contributed by atoms with Gasteiger partial charge in [-0.2, -0.15) is 0 Å². The van der Waals surface area contributed by atoms with Gasteiger partial charge in [0.2, 0.25) is 5.91 Å². The molecular formula is C13H16ClN3O. The summed E-state index contributed by atoms with van der Waals surface area (Å²) in [5.41, 5.74) is 2.94. The predicted molar refractivity (Wildman–Crippen MR) is 72.8 cm³/mol. The Morgan fingerprint density at radius 1 is 1.56 bits per heavy atom. The molecule has 1 heterocycles. The van der Waals surface area contributed by atoms with Gasteiger partial charge in [-0.1, -0.05) is 12.1 Å². The minimum atomic E-state index is -0.324. The highest BCUT2D eigenvalue weighted by molar-refractivity contribution is 6.17. The van der Waals surface area contributed by atoms with Crippen molar-refractivity contribution in [2.24, 2.45) is 0 Å². The van der Waals surface area contributed by atoms with Gasteiger partial charge in [0.15, 0.2) is 0 Å². The number of likely N-dealkylation sites (N-methyl/N-ethyl adjacent to an activating group) is 1. The van der Waals surface area contributed by atoms with Crippen LogP contribution in [0.3, 0.4) is 0 Å². The Kier molecular flexibility index (Phi) is 3.57. The van der Waals surface area contributed by atoms with Crippen LogP contribution in [0.1, 0.15) is 24.4 Å². The van der Waals surface area contributed by atoms with Crippen LogP contribution in [0.25, 0.3) is 11.0 Å². The normalized spacial score (nSPS) is 12.7. The first-order valence-corrected chi connectivity index (χ1v) is 6.37. The van der Waals surface area contributed by atoms with E-state index in [1.165, 1.54) is 0 Å². The van der Waals surface area contributed by atoms with Crippen LogP contribution in [0.15, 0.2) is 18.2 Å². The lowest BCUT2D eigenvalue weighted by Gasteiger charge is -2.15. The summed E-state index contributed by atoms with van der Waals surface area (Å²) in [7, 11) is 1.63. The van der Waals surface area contributed by atoms with E-state index >= 15 is 0 Å². The Labute approximate surface area is 111 Å². The minimum Gasteiger partial charge on any atom is -0.357 e. The van der Waals surface area contributed by atoms with Gasteiger partial charge in [-0.3, -0.25) is 4.79 Å². The first kappa shape index (κ1) is 12.9. The number of halogens is 1. The molecule has 4 nitrogen and oxygen atoms in total. The molecule has 1 aromatic heterocycles. The molecular weight excluding hydrogens is 250 g/mol. The van der Waals surface area contributed by atoms with Gasteiger partial charge < -0.3 is 9.88 Å². The number of hydrogen-bond acceptors (Lipinski definition) is 2. The monoisotopic (exact) mass is 265 g/mol. The zero-order chi connectivity index (χ0) is 13.3. The van der Waals surface area contributed by atoms with E-state index in [0.717, 1.165) is 22.4 Å². The lowest BCUT2D eigenvalue weighted by molar-refractivity contribution is -0.123. The lowest BCUT2D eigenvalue weighted by Crippen LogP contribution is -2.28. The van der Waals surface area contributed by atoms with E-state index in [2.05, 4.69) is 10.3 Å². The van der Waals surface area contributed by atoms with Crippen molar-refractivity contribution in [3.05, 3.63) is 29.6 Å². The molecule has 5 heteroatoms. The van der Waals surface area contributed by atoms with E-state index in [9.17, 15) is 4.79 Å². The highest BCUT2D eigenvalue weighted by Crippen LogP contribution is 2.24. The third kappa shape index (κ3) is 1.97. The van der Waals surface area contributed by atoms with E-state index in [-0.39, 0.29) is 17.8 Å².